The predicted molar refractivity (Wildman–Crippen MR) is 233 cm³/mol. The Bertz CT molecular complexity index is 1000. The van der Waals surface area contributed by atoms with E-state index in [1.54, 1.807) is 0 Å². The van der Waals surface area contributed by atoms with Crippen LogP contribution in [0, 0.1) is 0 Å². The Morgan fingerprint density at radius 2 is 0.860 bits per heavy atom. The first-order valence-electron chi connectivity index (χ1n) is 23.3. The van der Waals surface area contributed by atoms with Gasteiger partial charge >= 0.3 is 19.8 Å². The molecule has 0 fully saturated rings. The van der Waals surface area contributed by atoms with Crippen molar-refractivity contribution in [2.75, 3.05) is 26.4 Å². The monoisotopic (exact) mass is 831 g/mol. The lowest BCUT2D eigenvalue weighted by Gasteiger charge is -2.20. The van der Waals surface area contributed by atoms with Crippen LogP contribution in [0.3, 0.4) is 0 Å². The molecule has 0 saturated heterocycles. The van der Waals surface area contributed by atoms with E-state index in [1.807, 2.05) is 0 Å². The van der Waals surface area contributed by atoms with Gasteiger partial charge in [0.05, 0.1) is 19.8 Å². The zero-order valence-electron chi connectivity index (χ0n) is 36.6. The normalized spacial score (nSPS) is 14.0. The summed E-state index contributed by atoms with van der Waals surface area (Å²) in [5.41, 5.74) is 0. The highest BCUT2D eigenvalue weighted by Crippen LogP contribution is 2.43. The number of hydrogen-bond acceptors (Lipinski definition) is 9. The van der Waals surface area contributed by atoms with Gasteiger partial charge in [-0.3, -0.25) is 18.6 Å². The molecule has 0 aromatic heterocycles. The summed E-state index contributed by atoms with van der Waals surface area (Å²) >= 11 is 0. The maximum atomic E-state index is 12.6. The Hall–Kier alpha value is -1.55. The highest BCUT2D eigenvalue weighted by Gasteiger charge is 2.27. The second-order valence-corrected chi connectivity index (χ2v) is 17.2. The van der Waals surface area contributed by atoms with Crippen molar-refractivity contribution >= 4 is 19.8 Å². The molecule has 0 aliphatic rings. The minimum atomic E-state index is -4.62. The van der Waals surface area contributed by atoms with E-state index in [1.165, 1.54) is 135 Å². The van der Waals surface area contributed by atoms with Crippen LogP contribution in [0.5, 0.6) is 0 Å². The summed E-state index contributed by atoms with van der Waals surface area (Å²) in [6, 6.07) is 0. The Balaban J connectivity index is 4.24. The summed E-state index contributed by atoms with van der Waals surface area (Å²) in [5, 5.41) is 18.3. The molecule has 1 unspecified atom stereocenters. The first-order chi connectivity index (χ1) is 27.7. The summed E-state index contributed by atoms with van der Waals surface area (Å²) in [4.78, 5) is 35.0. The lowest BCUT2D eigenvalue weighted by atomic mass is 10.1. The van der Waals surface area contributed by atoms with Crippen LogP contribution in [0.25, 0.3) is 0 Å². The Morgan fingerprint density at radius 3 is 1.28 bits per heavy atom. The molecule has 0 aliphatic carbocycles. The number of aliphatic hydroxyl groups is 2. The number of rotatable bonds is 44. The number of carbonyl (C=O) groups is 2. The van der Waals surface area contributed by atoms with Crippen LogP contribution in [-0.4, -0.2) is 65.7 Å². The van der Waals surface area contributed by atoms with Crippen molar-refractivity contribution in [1.82, 2.24) is 0 Å². The quantitative estimate of drug-likeness (QED) is 0.0234. The highest BCUT2D eigenvalue weighted by molar-refractivity contribution is 7.47. The third-order valence-corrected chi connectivity index (χ3v) is 11.0. The number of aliphatic hydroxyl groups excluding tert-OH is 2. The van der Waals surface area contributed by atoms with Gasteiger partial charge in [0.25, 0.3) is 0 Å². The summed E-state index contributed by atoms with van der Waals surface area (Å²) in [5.74, 6) is -0.938. The molecule has 10 nitrogen and oxygen atoms in total. The molecular weight excluding hydrogens is 743 g/mol. The minimum Gasteiger partial charge on any atom is -0.462 e. The van der Waals surface area contributed by atoms with Gasteiger partial charge in [0.1, 0.15) is 12.7 Å². The molecule has 0 bridgehead atoms. The predicted octanol–water partition coefficient (Wildman–Crippen LogP) is 12.6. The molecule has 336 valence electrons. The molecular formula is C46H87O10P. The lowest BCUT2D eigenvalue weighted by Crippen LogP contribution is -2.29. The number of ether oxygens (including phenoxy) is 2. The standard InChI is InChI=1S/C46H87O10P/c1-3-5-7-9-11-13-15-17-19-20-21-22-24-25-27-29-31-33-35-37-45(49)53-41-44(42-55-57(51,52)54-40-43(48)39-47)56-46(50)38-36-34-32-30-28-26-23-18-16-14-12-10-8-6-4-2/h17,19,26,28,43-44,47-48H,3-16,18,20-25,27,29-42H2,1-2H3,(H,51,52)/b19-17+,28-26+/t43-,44+/m0/s1. The van der Waals surface area contributed by atoms with Gasteiger partial charge in [-0.2, -0.15) is 0 Å². The van der Waals surface area contributed by atoms with Crippen LogP contribution < -0.4 is 0 Å². The van der Waals surface area contributed by atoms with Gasteiger partial charge in [0.2, 0.25) is 0 Å². The third-order valence-electron chi connectivity index (χ3n) is 10.1. The topological polar surface area (TPSA) is 149 Å². The van der Waals surface area contributed by atoms with Crippen molar-refractivity contribution in [3.8, 4) is 0 Å². The van der Waals surface area contributed by atoms with E-state index >= 15 is 0 Å². The van der Waals surface area contributed by atoms with Gasteiger partial charge in [0, 0.05) is 12.8 Å². The Kier molecular flexibility index (Phi) is 41.4. The molecule has 0 aromatic rings. The van der Waals surface area contributed by atoms with Crippen LogP contribution in [-0.2, 0) is 32.7 Å². The molecule has 0 radical (unpaired) electrons. The van der Waals surface area contributed by atoms with Crippen molar-refractivity contribution in [2.24, 2.45) is 0 Å². The van der Waals surface area contributed by atoms with E-state index in [-0.39, 0.29) is 19.4 Å². The summed E-state index contributed by atoms with van der Waals surface area (Å²) in [6.45, 7) is 2.38. The Morgan fingerprint density at radius 1 is 0.509 bits per heavy atom. The fraction of sp³-hybridized carbons (Fsp3) is 0.870. The summed E-state index contributed by atoms with van der Waals surface area (Å²) < 4.78 is 32.7. The number of unbranched alkanes of at least 4 members (excludes halogenated alkanes) is 26. The molecule has 0 heterocycles. The van der Waals surface area contributed by atoms with Crippen molar-refractivity contribution in [1.29, 1.82) is 0 Å². The zero-order valence-corrected chi connectivity index (χ0v) is 37.5. The van der Waals surface area contributed by atoms with Crippen LogP contribution in [0.2, 0.25) is 0 Å². The molecule has 0 rings (SSSR count). The number of phosphoric ester groups is 1. The molecule has 3 N–H and O–H groups in total. The van der Waals surface area contributed by atoms with E-state index < -0.39 is 51.8 Å². The van der Waals surface area contributed by atoms with E-state index in [4.69, 9.17) is 23.6 Å². The van der Waals surface area contributed by atoms with Gasteiger partial charge in [-0.05, 0) is 64.2 Å². The van der Waals surface area contributed by atoms with E-state index in [9.17, 15) is 24.2 Å². The van der Waals surface area contributed by atoms with Crippen LogP contribution in [0.4, 0.5) is 0 Å². The fourth-order valence-electron chi connectivity index (χ4n) is 6.45. The van der Waals surface area contributed by atoms with Crippen molar-refractivity contribution < 1.29 is 47.8 Å². The van der Waals surface area contributed by atoms with Gasteiger partial charge in [-0.25, -0.2) is 4.57 Å². The number of allylic oxidation sites excluding steroid dienone is 4. The molecule has 0 saturated carbocycles. The first kappa shape index (κ1) is 55.5. The second kappa shape index (κ2) is 42.6. The molecule has 0 aliphatic heterocycles. The number of phosphoric acid groups is 1. The van der Waals surface area contributed by atoms with E-state index in [0.29, 0.717) is 12.8 Å². The molecule has 0 spiro atoms. The average Bonchev–Trinajstić information content (AvgIpc) is 3.20. The smallest absolute Gasteiger partial charge is 0.462 e. The van der Waals surface area contributed by atoms with Crippen molar-refractivity contribution in [3.63, 3.8) is 0 Å². The number of esters is 2. The first-order valence-corrected chi connectivity index (χ1v) is 24.8. The van der Waals surface area contributed by atoms with Crippen LogP contribution >= 0.6 is 7.82 Å². The largest absolute Gasteiger partial charge is 0.472 e. The van der Waals surface area contributed by atoms with Crippen LogP contribution in [0.15, 0.2) is 24.3 Å². The summed E-state index contributed by atoms with van der Waals surface area (Å²) in [6.07, 6.45) is 42.9. The summed E-state index contributed by atoms with van der Waals surface area (Å²) in [7, 11) is -4.62. The second-order valence-electron chi connectivity index (χ2n) is 15.8. The molecule has 0 amide bonds. The minimum absolute atomic E-state index is 0.166. The van der Waals surface area contributed by atoms with Crippen LogP contribution in [0.1, 0.15) is 219 Å². The molecule has 0 aromatic carbocycles. The molecule has 3 atom stereocenters. The average molecular weight is 831 g/mol. The SMILES string of the molecule is CCCCCCCC/C=C/CCCCCCCCCCCC(=O)OC[C@H](COP(=O)(O)OC[C@@H](O)CO)OC(=O)CCCCC/C=C/CCCCCCCCCC. The maximum absolute atomic E-state index is 12.6. The number of hydrogen-bond donors (Lipinski definition) is 3. The van der Waals surface area contributed by atoms with Gasteiger partial charge in [-0.15, -0.1) is 0 Å². The van der Waals surface area contributed by atoms with Gasteiger partial charge in [0.15, 0.2) is 6.10 Å². The van der Waals surface area contributed by atoms with Crippen molar-refractivity contribution in [2.45, 2.75) is 232 Å². The third kappa shape index (κ3) is 42.4. The molecule has 11 heteroatoms. The fourth-order valence-corrected chi connectivity index (χ4v) is 7.24. The zero-order chi connectivity index (χ0) is 41.9. The van der Waals surface area contributed by atoms with Gasteiger partial charge in [-0.1, -0.05) is 167 Å². The highest BCUT2D eigenvalue weighted by atomic mass is 31.2. The number of carbonyl (C=O) groups excluding carboxylic acids is 2. The lowest BCUT2D eigenvalue weighted by molar-refractivity contribution is -0.161. The van der Waals surface area contributed by atoms with E-state index in [2.05, 4.69) is 38.2 Å². The Labute approximate surface area is 348 Å². The van der Waals surface area contributed by atoms with Crippen molar-refractivity contribution in [3.05, 3.63) is 24.3 Å². The molecule has 57 heavy (non-hydrogen) atoms. The maximum Gasteiger partial charge on any atom is 0.472 e. The van der Waals surface area contributed by atoms with Gasteiger partial charge < -0.3 is 24.6 Å². The van der Waals surface area contributed by atoms with E-state index in [0.717, 1.165) is 44.9 Å².